The molecule has 0 aliphatic heterocycles. The van der Waals surface area contributed by atoms with E-state index in [-0.39, 0.29) is 11.5 Å². The van der Waals surface area contributed by atoms with Gasteiger partial charge in [0.2, 0.25) is 5.82 Å². The molecular weight excluding hydrogens is 278 g/mol. The van der Waals surface area contributed by atoms with E-state index >= 15 is 0 Å². The summed E-state index contributed by atoms with van der Waals surface area (Å²) in [6.45, 7) is 2.58. The van der Waals surface area contributed by atoms with Gasteiger partial charge in [0.05, 0.1) is 11.5 Å². The third-order valence-corrected chi connectivity index (χ3v) is 3.82. The van der Waals surface area contributed by atoms with Crippen molar-refractivity contribution in [1.82, 2.24) is 4.98 Å². The van der Waals surface area contributed by atoms with Crippen molar-refractivity contribution in [3.05, 3.63) is 44.1 Å². The van der Waals surface area contributed by atoms with Crippen LogP contribution in [0.2, 0.25) is 0 Å². The highest BCUT2D eigenvalue weighted by Gasteiger charge is 2.16. The number of nitrogens with zero attached hydrogens (tertiary/aromatic N) is 2. The molecule has 0 aliphatic carbocycles. The molecule has 0 saturated carbocycles. The number of rotatable bonds is 6. The lowest BCUT2D eigenvalue weighted by molar-refractivity contribution is -0.384. The SMILES string of the molecule is CCc1ccsc1CNc1nc(NN)ccc1[N+](=O)[O-]. The number of nitro groups is 1. The number of hydrogen-bond acceptors (Lipinski definition) is 7. The van der Waals surface area contributed by atoms with Crippen molar-refractivity contribution >= 4 is 28.7 Å². The number of nitrogens with one attached hydrogen (secondary N) is 2. The van der Waals surface area contributed by atoms with E-state index < -0.39 is 4.92 Å². The normalized spacial score (nSPS) is 10.3. The Bertz CT molecular complexity index is 614. The minimum atomic E-state index is -0.467. The molecule has 0 radical (unpaired) electrons. The molecule has 2 aromatic rings. The standard InChI is InChI=1S/C12H15N5O2S/c1-2-8-5-6-20-10(8)7-14-12-9(17(18)19)3-4-11(15-12)16-13/h3-6H,2,7,13H2,1H3,(H2,14,15,16). The van der Waals surface area contributed by atoms with Crippen LogP contribution in [0.25, 0.3) is 0 Å². The fourth-order valence-electron chi connectivity index (χ4n) is 1.81. The predicted octanol–water partition coefficient (Wildman–Crippen LogP) is 2.51. The van der Waals surface area contributed by atoms with Gasteiger partial charge in [-0.05, 0) is 29.5 Å². The first-order valence-corrected chi connectivity index (χ1v) is 6.94. The Morgan fingerprint density at radius 2 is 2.25 bits per heavy atom. The molecule has 0 unspecified atom stereocenters. The fraction of sp³-hybridized carbons (Fsp3) is 0.250. The lowest BCUT2D eigenvalue weighted by Gasteiger charge is -2.08. The molecule has 0 amide bonds. The third kappa shape index (κ3) is 3.03. The molecule has 2 rings (SSSR count). The van der Waals surface area contributed by atoms with E-state index in [2.05, 4.69) is 28.7 Å². The second-order valence-corrected chi connectivity index (χ2v) is 5.04. The molecule has 4 N–H and O–H groups in total. The van der Waals surface area contributed by atoms with Crippen LogP contribution in [0, 0.1) is 10.1 Å². The first-order valence-electron chi connectivity index (χ1n) is 6.06. The number of hydrazine groups is 1. The quantitative estimate of drug-likeness (QED) is 0.429. The Hall–Kier alpha value is -2.19. The summed E-state index contributed by atoms with van der Waals surface area (Å²) in [6, 6.07) is 4.90. The number of nitrogen functional groups attached to an aromatic ring is 1. The largest absolute Gasteiger partial charge is 0.359 e. The Kier molecular flexibility index (Phi) is 4.49. The van der Waals surface area contributed by atoms with Gasteiger partial charge >= 0.3 is 5.69 Å². The molecule has 0 fully saturated rings. The Morgan fingerprint density at radius 3 is 2.90 bits per heavy atom. The van der Waals surface area contributed by atoms with Crippen molar-refractivity contribution in [2.24, 2.45) is 5.84 Å². The zero-order chi connectivity index (χ0) is 14.5. The molecule has 7 nitrogen and oxygen atoms in total. The molecule has 0 aliphatic rings. The van der Waals surface area contributed by atoms with Gasteiger partial charge in [0, 0.05) is 10.9 Å². The van der Waals surface area contributed by atoms with Crippen molar-refractivity contribution in [2.75, 3.05) is 10.7 Å². The molecule has 0 atom stereocenters. The molecule has 2 aromatic heterocycles. The van der Waals surface area contributed by atoms with E-state index in [1.807, 2.05) is 5.38 Å². The molecular formula is C12H15N5O2S. The Labute approximate surface area is 120 Å². The summed E-state index contributed by atoms with van der Waals surface area (Å²) in [4.78, 5) is 15.7. The van der Waals surface area contributed by atoms with Gasteiger partial charge in [0.15, 0.2) is 0 Å². The van der Waals surface area contributed by atoms with Crippen LogP contribution in [0.3, 0.4) is 0 Å². The van der Waals surface area contributed by atoms with Crippen molar-refractivity contribution in [2.45, 2.75) is 19.9 Å². The number of pyridine rings is 1. The molecule has 2 heterocycles. The van der Waals surface area contributed by atoms with Crippen LogP contribution in [0.1, 0.15) is 17.4 Å². The number of thiophene rings is 1. The maximum atomic E-state index is 11.0. The lowest BCUT2D eigenvalue weighted by Crippen LogP contribution is -2.11. The smallest absolute Gasteiger partial charge is 0.311 e. The topological polar surface area (TPSA) is 106 Å². The zero-order valence-electron chi connectivity index (χ0n) is 10.9. The summed E-state index contributed by atoms with van der Waals surface area (Å²) < 4.78 is 0. The van der Waals surface area contributed by atoms with Gasteiger partial charge in [-0.15, -0.1) is 11.3 Å². The van der Waals surface area contributed by atoms with Crippen LogP contribution in [-0.2, 0) is 13.0 Å². The second-order valence-electron chi connectivity index (χ2n) is 4.04. The number of hydrogen-bond donors (Lipinski definition) is 3. The monoisotopic (exact) mass is 293 g/mol. The number of anilines is 2. The molecule has 0 saturated heterocycles. The van der Waals surface area contributed by atoms with E-state index in [4.69, 9.17) is 5.84 Å². The van der Waals surface area contributed by atoms with Crippen LogP contribution in [-0.4, -0.2) is 9.91 Å². The number of aromatic nitrogens is 1. The molecule has 0 bridgehead atoms. The highest BCUT2D eigenvalue weighted by Crippen LogP contribution is 2.25. The van der Waals surface area contributed by atoms with Crippen molar-refractivity contribution in [3.63, 3.8) is 0 Å². The summed E-state index contributed by atoms with van der Waals surface area (Å²) in [7, 11) is 0. The first kappa shape index (κ1) is 14.2. The van der Waals surface area contributed by atoms with Crippen LogP contribution < -0.4 is 16.6 Å². The van der Waals surface area contributed by atoms with E-state index in [0.717, 1.165) is 11.3 Å². The van der Waals surface area contributed by atoms with E-state index in [0.29, 0.717) is 12.4 Å². The van der Waals surface area contributed by atoms with Gasteiger partial charge in [-0.25, -0.2) is 10.8 Å². The van der Waals surface area contributed by atoms with Crippen LogP contribution in [0.5, 0.6) is 0 Å². The average molecular weight is 293 g/mol. The number of aryl methyl sites for hydroxylation is 1. The van der Waals surface area contributed by atoms with E-state index in [1.165, 1.54) is 17.7 Å². The van der Waals surface area contributed by atoms with Crippen molar-refractivity contribution in [1.29, 1.82) is 0 Å². The maximum Gasteiger partial charge on any atom is 0.311 e. The van der Waals surface area contributed by atoms with Crippen molar-refractivity contribution in [3.8, 4) is 0 Å². The second kappa shape index (κ2) is 6.31. The third-order valence-electron chi connectivity index (χ3n) is 2.85. The number of nitrogens with two attached hydrogens (primary N) is 1. The molecule has 0 aromatic carbocycles. The average Bonchev–Trinajstić information content (AvgIpc) is 2.91. The highest BCUT2D eigenvalue weighted by atomic mass is 32.1. The minimum absolute atomic E-state index is 0.0707. The summed E-state index contributed by atoms with van der Waals surface area (Å²) in [5, 5.41) is 16.0. The van der Waals surface area contributed by atoms with E-state index in [1.54, 1.807) is 11.3 Å². The van der Waals surface area contributed by atoms with Gasteiger partial charge in [-0.3, -0.25) is 10.1 Å². The summed E-state index contributed by atoms with van der Waals surface area (Å²) in [5.41, 5.74) is 3.54. The van der Waals surface area contributed by atoms with E-state index in [9.17, 15) is 10.1 Å². The van der Waals surface area contributed by atoms with Crippen LogP contribution in [0.4, 0.5) is 17.3 Å². The maximum absolute atomic E-state index is 11.0. The zero-order valence-corrected chi connectivity index (χ0v) is 11.7. The van der Waals surface area contributed by atoms with Gasteiger partial charge in [0.25, 0.3) is 0 Å². The van der Waals surface area contributed by atoms with Gasteiger partial charge in [-0.2, -0.15) is 0 Å². The lowest BCUT2D eigenvalue weighted by atomic mass is 10.2. The van der Waals surface area contributed by atoms with Crippen LogP contribution >= 0.6 is 11.3 Å². The van der Waals surface area contributed by atoms with Crippen molar-refractivity contribution < 1.29 is 4.92 Å². The summed E-state index contributed by atoms with van der Waals surface area (Å²) in [6.07, 6.45) is 0.931. The molecule has 0 spiro atoms. The minimum Gasteiger partial charge on any atom is -0.359 e. The Morgan fingerprint density at radius 1 is 1.45 bits per heavy atom. The van der Waals surface area contributed by atoms with Gasteiger partial charge in [-0.1, -0.05) is 6.92 Å². The first-order chi connectivity index (χ1) is 9.65. The summed E-state index contributed by atoms with van der Waals surface area (Å²) >= 11 is 1.62. The Balaban J connectivity index is 2.21. The van der Waals surface area contributed by atoms with Crippen LogP contribution in [0.15, 0.2) is 23.6 Å². The molecule has 20 heavy (non-hydrogen) atoms. The fourth-order valence-corrected chi connectivity index (χ4v) is 2.73. The summed E-state index contributed by atoms with van der Waals surface area (Å²) in [5.74, 6) is 5.86. The molecule has 106 valence electrons. The predicted molar refractivity (Wildman–Crippen MR) is 79.7 cm³/mol. The van der Waals surface area contributed by atoms with Gasteiger partial charge in [0.1, 0.15) is 5.82 Å². The molecule has 8 heteroatoms. The van der Waals surface area contributed by atoms with Gasteiger partial charge < -0.3 is 10.7 Å². The highest BCUT2D eigenvalue weighted by molar-refractivity contribution is 7.10.